The van der Waals surface area contributed by atoms with Crippen LogP contribution in [0.2, 0.25) is 0 Å². The molecule has 1 aliphatic rings. The molecule has 1 aliphatic carbocycles. The van der Waals surface area contributed by atoms with Gasteiger partial charge in [-0.1, -0.05) is 19.3 Å². The fraction of sp³-hybridized carbons (Fsp3) is 0.842. The maximum Gasteiger partial charge on any atom is 0.408 e. The maximum absolute atomic E-state index is 12.6. The van der Waals surface area contributed by atoms with Gasteiger partial charge in [0.25, 0.3) is 0 Å². The summed E-state index contributed by atoms with van der Waals surface area (Å²) in [5.41, 5.74) is -2.03. The minimum Gasteiger partial charge on any atom is -0.469 e. The van der Waals surface area contributed by atoms with Crippen LogP contribution in [0.25, 0.3) is 0 Å². The van der Waals surface area contributed by atoms with Crippen LogP contribution in [0.1, 0.15) is 73.1 Å². The molecule has 1 fully saturated rings. The van der Waals surface area contributed by atoms with Crippen LogP contribution >= 0.6 is 0 Å². The summed E-state index contributed by atoms with van der Waals surface area (Å²) in [6.07, 6.45) is 4.62. The van der Waals surface area contributed by atoms with Crippen molar-refractivity contribution in [3.8, 4) is 0 Å². The van der Waals surface area contributed by atoms with E-state index in [4.69, 9.17) is 9.47 Å². The van der Waals surface area contributed by atoms with E-state index in [0.29, 0.717) is 13.0 Å². The van der Waals surface area contributed by atoms with E-state index >= 15 is 0 Å². The van der Waals surface area contributed by atoms with E-state index in [-0.39, 0.29) is 17.3 Å². The molecule has 0 aromatic heterocycles. The summed E-state index contributed by atoms with van der Waals surface area (Å²) in [5.74, 6) is -0.564. The van der Waals surface area contributed by atoms with Gasteiger partial charge in [0.05, 0.1) is 13.5 Å². The zero-order valence-corrected chi connectivity index (χ0v) is 17.0. The molecule has 1 saturated carbocycles. The third-order valence-corrected chi connectivity index (χ3v) is 4.67. The lowest BCUT2D eigenvalue weighted by Gasteiger charge is -2.37. The number of ether oxygens (including phenoxy) is 2. The first-order valence-corrected chi connectivity index (χ1v) is 9.25. The lowest BCUT2D eigenvalue weighted by atomic mass is 9.71. The average Bonchev–Trinajstić information content (AvgIpc) is 2.50. The van der Waals surface area contributed by atoms with Crippen LogP contribution in [0.15, 0.2) is 0 Å². The molecule has 7 heteroatoms. The van der Waals surface area contributed by atoms with Crippen molar-refractivity contribution < 1.29 is 23.9 Å². The SMILES string of the molecule is COC(=O)CC1(CNC(=O)C(C)(C)NC(=O)OC(C)(C)C)CCCCC1. The fourth-order valence-electron chi connectivity index (χ4n) is 3.20. The zero-order chi connectivity index (χ0) is 20.0. The van der Waals surface area contributed by atoms with Gasteiger partial charge < -0.3 is 20.1 Å². The van der Waals surface area contributed by atoms with E-state index in [1.54, 1.807) is 34.6 Å². The Morgan fingerprint density at radius 1 is 1.00 bits per heavy atom. The summed E-state index contributed by atoms with van der Waals surface area (Å²) in [6, 6.07) is 0. The van der Waals surface area contributed by atoms with Gasteiger partial charge in [-0.25, -0.2) is 4.79 Å². The molecule has 1 rings (SSSR count). The van der Waals surface area contributed by atoms with Gasteiger partial charge in [0.15, 0.2) is 0 Å². The minimum absolute atomic E-state index is 0.257. The molecule has 26 heavy (non-hydrogen) atoms. The summed E-state index contributed by atoms with van der Waals surface area (Å²) >= 11 is 0. The Hall–Kier alpha value is -1.79. The lowest BCUT2D eigenvalue weighted by Crippen LogP contribution is -2.57. The van der Waals surface area contributed by atoms with Crippen molar-refractivity contribution in [3.63, 3.8) is 0 Å². The fourth-order valence-corrected chi connectivity index (χ4v) is 3.20. The molecule has 2 amide bonds. The average molecular weight is 370 g/mol. The summed E-state index contributed by atoms with van der Waals surface area (Å²) in [6.45, 7) is 8.93. The van der Waals surface area contributed by atoms with Crippen LogP contribution in [0.4, 0.5) is 4.79 Å². The van der Waals surface area contributed by atoms with Gasteiger partial charge in [-0.05, 0) is 52.9 Å². The molecule has 150 valence electrons. The largest absolute Gasteiger partial charge is 0.469 e. The van der Waals surface area contributed by atoms with Crippen molar-refractivity contribution in [2.45, 2.75) is 84.3 Å². The monoisotopic (exact) mass is 370 g/mol. The molecule has 0 bridgehead atoms. The summed E-state index contributed by atoms with van der Waals surface area (Å²) in [7, 11) is 1.38. The first-order valence-electron chi connectivity index (χ1n) is 9.25. The Kier molecular flexibility index (Phi) is 7.47. The maximum atomic E-state index is 12.6. The van der Waals surface area contributed by atoms with Gasteiger partial charge in [0.2, 0.25) is 5.91 Å². The second kappa shape index (κ2) is 8.73. The molecule has 7 nitrogen and oxygen atoms in total. The molecule has 0 aliphatic heterocycles. The van der Waals surface area contributed by atoms with Gasteiger partial charge >= 0.3 is 12.1 Å². The number of hydrogen-bond donors (Lipinski definition) is 2. The van der Waals surface area contributed by atoms with E-state index in [1.807, 2.05) is 0 Å². The molecule has 0 heterocycles. The van der Waals surface area contributed by atoms with Crippen molar-refractivity contribution >= 4 is 18.0 Å². The zero-order valence-electron chi connectivity index (χ0n) is 17.0. The number of alkyl carbamates (subject to hydrolysis) is 1. The molecule has 2 N–H and O–H groups in total. The molecule has 0 aromatic rings. The van der Waals surface area contributed by atoms with E-state index in [0.717, 1.165) is 32.1 Å². The van der Waals surface area contributed by atoms with E-state index in [2.05, 4.69) is 10.6 Å². The summed E-state index contributed by atoms with van der Waals surface area (Å²) in [4.78, 5) is 36.4. The molecule has 0 aromatic carbocycles. The van der Waals surface area contributed by atoms with Crippen LogP contribution in [0, 0.1) is 5.41 Å². The van der Waals surface area contributed by atoms with Crippen molar-refractivity contribution in [2.24, 2.45) is 5.41 Å². The highest BCUT2D eigenvalue weighted by molar-refractivity contribution is 5.89. The Labute approximate surface area is 156 Å². The summed E-state index contributed by atoms with van der Waals surface area (Å²) in [5, 5.41) is 5.51. The van der Waals surface area contributed by atoms with Crippen molar-refractivity contribution in [3.05, 3.63) is 0 Å². The van der Waals surface area contributed by atoms with Gasteiger partial charge in [-0.3, -0.25) is 9.59 Å². The first kappa shape index (κ1) is 22.3. The Balaban J connectivity index is 2.68. The highest BCUT2D eigenvalue weighted by atomic mass is 16.6. The minimum atomic E-state index is -1.12. The predicted molar refractivity (Wildman–Crippen MR) is 98.6 cm³/mol. The highest BCUT2D eigenvalue weighted by Gasteiger charge is 2.37. The smallest absolute Gasteiger partial charge is 0.408 e. The third kappa shape index (κ3) is 7.22. The van der Waals surface area contributed by atoms with Gasteiger partial charge in [-0.15, -0.1) is 0 Å². The van der Waals surface area contributed by atoms with Crippen LogP contribution in [-0.2, 0) is 19.1 Å². The Morgan fingerprint density at radius 2 is 1.58 bits per heavy atom. The number of carbonyl (C=O) groups is 3. The van der Waals surface area contributed by atoms with Crippen LogP contribution in [0.3, 0.4) is 0 Å². The third-order valence-electron chi connectivity index (χ3n) is 4.67. The Morgan fingerprint density at radius 3 is 2.08 bits per heavy atom. The number of rotatable bonds is 6. The van der Waals surface area contributed by atoms with Gasteiger partial charge in [0, 0.05) is 6.54 Å². The normalized spacial score (nSPS) is 17.2. The van der Waals surface area contributed by atoms with Crippen molar-refractivity contribution in [1.29, 1.82) is 0 Å². The molecule has 0 spiro atoms. The lowest BCUT2D eigenvalue weighted by molar-refractivity contribution is -0.144. The second-order valence-electron chi connectivity index (χ2n) is 8.75. The standard InChI is InChI=1S/C19H34N2O5/c1-17(2,3)26-16(24)21-18(4,5)15(23)20-13-19(12-14(22)25-6)10-8-7-9-11-19/h7-13H2,1-6H3,(H,20,23)(H,21,24). The van der Waals surface area contributed by atoms with E-state index in [9.17, 15) is 14.4 Å². The molecule has 0 radical (unpaired) electrons. The predicted octanol–water partition coefficient (Wildman–Crippen LogP) is 2.92. The highest BCUT2D eigenvalue weighted by Crippen LogP contribution is 2.39. The molecule has 0 saturated heterocycles. The summed E-state index contributed by atoms with van der Waals surface area (Å²) < 4.78 is 10.0. The first-order chi connectivity index (χ1) is 11.9. The quantitative estimate of drug-likeness (QED) is 0.701. The molecule has 0 unspecified atom stereocenters. The number of methoxy groups -OCH3 is 1. The second-order valence-corrected chi connectivity index (χ2v) is 8.75. The topological polar surface area (TPSA) is 93.7 Å². The van der Waals surface area contributed by atoms with Crippen molar-refractivity contribution in [1.82, 2.24) is 10.6 Å². The van der Waals surface area contributed by atoms with Crippen LogP contribution in [0.5, 0.6) is 0 Å². The van der Waals surface area contributed by atoms with Crippen LogP contribution < -0.4 is 10.6 Å². The van der Waals surface area contributed by atoms with Crippen LogP contribution in [-0.4, -0.2) is 42.8 Å². The number of esters is 1. The Bertz CT molecular complexity index is 517. The number of carbonyl (C=O) groups excluding carboxylic acids is 3. The van der Waals surface area contributed by atoms with E-state index < -0.39 is 17.2 Å². The molecular formula is C19H34N2O5. The van der Waals surface area contributed by atoms with Crippen molar-refractivity contribution in [2.75, 3.05) is 13.7 Å². The molecular weight excluding hydrogens is 336 g/mol. The van der Waals surface area contributed by atoms with Gasteiger partial charge in [0.1, 0.15) is 11.1 Å². The number of amides is 2. The van der Waals surface area contributed by atoms with E-state index in [1.165, 1.54) is 7.11 Å². The molecule has 0 atom stereocenters. The number of hydrogen-bond acceptors (Lipinski definition) is 5. The van der Waals surface area contributed by atoms with Gasteiger partial charge in [-0.2, -0.15) is 0 Å². The number of nitrogens with one attached hydrogen (secondary N) is 2.